The third-order valence-electron chi connectivity index (χ3n) is 0.789. The van der Waals surface area contributed by atoms with Crippen molar-refractivity contribution in [2.45, 2.75) is 11.7 Å². The summed E-state index contributed by atoms with van der Waals surface area (Å²) in [5.41, 5.74) is -5.96. The van der Waals surface area contributed by atoms with Crippen LogP contribution < -0.4 is 4.72 Å². The van der Waals surface area contributed by atoms with Crippen molar-refractivity contribution in [1.29, 1.82) is 0 Å². The van der Waals surface area contributed by atoms with Crippen LogP contribution in [0.5, 0.6) is 0 Å². The summed E-state index contributed by atoms with van der Waals surface area (Å²) in [5, 5.41) is 0. The van der Waals surface area contributed by atoms with Crippen molar-refractivity contribution in [3.63, 3.8) is 0 Å². The number of alkyl halides is 6. The molecule has 0 aliphatic rings. The van der Waals surface area contributed by atoms with Crippen molar-refractivity contribution >= 4 is 67.3 Å². The first-order valence-electron chi connectivity index (χ1n) is 2.58. The van der Waals surface area contributed by atoms with E-state index in [1.54, 1.807) is 0 Å². The molecular formula is C3HF6KNO3S. The van der Waals surface area contributed by atoms with Gasteiger partial charge in [0.1, 0.15) is 0 Å². The van der Waals surface area contributed by atoms with Gasteiger partial charge >= 0.3 is 27.6 Å². The van der Waals surface area contributed by atoms with Crippen LogP contribution >= 0.6 is 0 Å². The fourth-order valence-corrected chi connectivity index (χ4v) is 0.713. The van der Waals surface area contributed by atoms with Gasteiger partial charge in [0.2, 0.25) is 0 Å². The summed E-state index contributed by atoms with van der Waals surface area (Å²) in [6.07, 6.45) is -5.70. The zero-order valence-electron chi connectivity index (χ0n) is 6.90. The van der Waals surface area contributed by atoms with Gasteiger partial charge in [-0.25, -0.2) is 4.72 Å². The maximum Gasteiger partial charge on any atom is 0.516 e. The zero-order valence-corrected chi connectivity index (χ0v) is 10.8. The van der Waals surface area contributed by atoms with E-state index in [2.05, 4.69) is 0 Å². The van der Waals surface area contributed by atoms with E-state index < -0.39 is 27.6 Å². The van der Waals surface area contributed by atoms with E-state index in [1.165, 1.54) is 0 Å². The van der Waals surface area contributed by atoms with Crippen LogP contribution in [-0.2, 0) is 14.8 Å². The van der Waals surface area contributed by atoms with Crippen LogP contribution in [0.1, 0.15) is 0 Å². The van der Waals surface area contributed by atoms with E-state index in [-0.39, 0.29) is 56.1 Å². The van der Waals surface area contributed by atoms with Gasteiger partial charge in [-0.3, -0.25) is 4.79 Å². The first kappa shape index (κ1) is 18.0. The smallest absolute Gasteiger partial charge is 0.263 e. The van der Waals surface area contributed by atoms with Crippen LogP contribution in [0.4, 0.5) is 26.3 Å². The van der Waals surface area contributed by atoms with Gasteiger partial charge < -0.3 is 0 Å². The number of sulfonamides is 1. The number of carbonyl (C=O) groups is 1. The predicted molar refractivity (Wildman–Crippen MR) is 34.9 cm³/mol. The minimum absolute atomic E-state index is 0. The third kappa shape index (κ3) is 5.49. The number of nitrogens with one attached hydrogen (secondary N) is 1. The number of hydrogen-bond acceptors (Lipinski definition) is 3. The Balaban J connectivity index is 0. The van der Waals surface area contributed by atoms with Gasteiger partial charge in [-0.05, 0) is 0 Å². The van der Waals surface area contributed by atoms with Crippen molar-refractivity contribution in [3.8, 4) is 0 Å². The Hall–Kier alpha value is 0.636. The van der Waals surface area contributed by atoms with Crippen LogP contribution in [0.2, 0.25) is 0 Å². The molecule has 85 valence electrons. The van der Waals surface area contributed by atoms with Crippen molar-refractivity contribution < 1.29 is 39.6 Å². The van der Waals surface area contributed by atoms with Crippen molar-refractivity contribution in [1.82, 2.24) is 4.72 Å². The van der Waals surface area contributed by atoms with E-state index >= 15 is 0 Å². The number of rotatable bonds is 1. The Morgan fingerprint density at radius 1 is 1.00 bits per heavy atom. The largest absolute Gasteiger partial charge is 0.516 e. The average molecular weight is 284 g/mol. The second kappa shape index (κ2) is 5.31. The van der Waals surface area contributed by atoms with Crippen LogP contribution in [0.15, 0.2) is 0 Å². The quantitative estimate of drug-likeness (QED) is 0.550. The second-order valence-electron chi connectivity index (χ2n) is 1.88. The topological polar surface area (TPSA) is 63.2 Å². The molecule has 0 aromatic carbocycles. The molecule has 0 heterocycles. The Morgan fingerprint density at radius 2 is 1.33 bits per heavy atom. The molecule has 12 heteroatoms. The first-order chi connectivity index (χ1) is 5.88. The molecule has 15 heavy (non-hydrogen) atoms. The molecule has 0 spiro atoms. The normalized spacial score (nSPS) is 12.9. The maximum atomic E-state index is 11.4. The summed E-state index contributed by atoms with van der Waals surface area (Å²) in [7, 11) is -6.30. The molecule has 4 nitrogen and oxygen atoms in total. The van der Waals surface area contributed by atoms with Gasteiger partial charge in [-0.2, -0.15) is 34.8 Å². The molecule has 1 N–H and O–H groups in total. The fraction of sp³-hybridized carbons (Fsp3) is 0.667. The molecule has 1 amide bonds. The molecule has 0 aromatic rings. The number of carbonyl (C=O) groups excluding carboxylic acids is 1. The van der Waals surface area contributed by atoms with Crippen LogP contribution in [0.25, 0.3) is 0 Å². The SMILES string of the molecule is O=C(NS(=O)(=O)C(F)(F)F)C(F)(F)F.[K]. The number of hydrogen-bond donors (Lipinski definition) is 1. The summed E-state index contributed by atoms with van der Waals surface area (Å²) in [6.45, 7) is 0. The monoisotopic (exact) mass is 284 g/mol. The Morgan fingerprint density at radius 3 is 1.53 bits per heavy atom. The van der Waals surface area contributed by atoms with Crippen LogP contribution in [0, 0.1) is 0 Å². The average Bonchev–Trinajstić information content (AvgIpc) is 1.80. The molecule has 1 radical (unpaired) electrons. The minimum atomic E-state index is -6.30. The van der Waals surface area contributed by atoms with Gasteiger partial charge in [0, 0.05) is 51.4 Å². The van der Waals surface area contributed by atoms with Gasteiger partial charge in [-0.1, -0.05) is 0 Å². The summed E-state index contributed by atoms with van der Waals surface area (Å²) < 4.78 is 87.9. The molecule has 0 aliphatic carbocycles. The molecule has 0 atom stereocenters. The predicted octanol–water partition coefficient (Wildman–Crippen LogP) is 0.134. The summed E-state index contributed by atoms with van der Waals surface area (Å²) in [6, 6.07) is 0. The summed E-state index contributed by atoms with van der Waals surface area (Å²) >= 11 is 0. The molecule has 0 aliphatic heterocycles. The molecule has 0 saturated carbocycles. The number of amides is 1. The van der Waals surface area contributed by atoms with E-state index in [4.69, 9.17) is 0 Å². The van der Waals surface area contributed by atoms with E-state index in [1.807, 2.05) is 0 Å². The van der Waals surface area contributed by atoms with Crippen molar-refractivity contribution in [3.05, 3.63) is 0 Å². The molecule has 0 fully saturated rings. The molecule has 0 rings (SSSR count). The van der Waals surface area contributed by atoms with Crippen LogP contribution in [0.3, 0.4) is 0 Å². The number of halogens is 6. The molecular weight excluding hydrogens is 283 g/mol. The molecule has 0 aromatic heterocycles. The molecule has 0 bridgehead atoms. The third-order valence-corrected chi connectivity index (χ3v) is 1.85. The Kier molecular flexibility index (Phi) is 6.38. The summed E-state index contributed by atoms with van der Waals surface area (Å²) in [4.78, 5) is 9.81. The molecule has 0 saturated heterocycles. The maximum absolute atomic E-state index is 11.4. The first-order valence-corrected chi connectivity index (χ1v) is 4.06. The van der Waals surface area contributed by atoms with Gasteiger partial charge in [-0.15, -0.1) is 0 Å². The molecule has 0 unspecified atom stereocenters. The Labute approximate surface area is 122 Å². The zero-order chi connectivity index (χ0) is 11.8. The van der Waals surface area contributed by atoms with Gasteiger partial charge in [0.15, 0.2) is 0 Å². The summed E-state index contributed by atoms with van der Waals surface area (Å²) in [5.74, 6) is -3.20. The fourth-order valence-electron chi connectivity index (χ4n) is 0.238. The van der Waals surface area contributed by atoms with Crippen molar-refractivity contribution in [2.75, 3.05) is 0 Å². The van der Waals surface area contributed by atoms with Gasteiger partial charge in [0.25, 0.3) is 0 Å². The second-order valence-corrected chi connectivity index (χ2v) is 3.55. The van der Waals surface area contributed by atoms with Gasteiger partial charge in [0.05, 0.1) is 0 Å². The van der Waals surface area contributed by atoms with Crippen molar-refractivity contribution in [2.24, 2.45) is 0 Å². The van der Waals surface area contributed by atoms with E-state index in [0.717, 1.165) is 0 Å². The Bertz CT molecular complexity index is 331. The van der Waals surface area contributed by atoms with Crippen LogP contribution in [-0.4, -0.2) is 77.4 Å². The van der Waals surface area contributed by atoms with E-state index in [0.29, 0.717) is 0 Å². The minimum Gasteiger partial charge on any atom is -0.263 e. The van der Waals surface area contributed by atoms with E-state index in [9.17, 15) is 39.6 Å². The standard InChI is InChI=1S/C3HF6NO3S.K/c4-2(5,6)1(11)10-14(12,13)3(7,8)9;/h(H,10,11);.